The second kappa shape index (κ2) is 9.29. The first kappa shape index (κ1) is 21.3. The Bertz CT molecular complexity index is 787. The van der Waals surface area contributed by atoms with E-state index in [0.29, 0.717) is 31.6 Å². The molecule has 0 bridgehead atoms. The molecule has 2 rings (SSSR count). The number of benzene rings is 1. The van der Waals surface area contributed by atoms with Gasteiger partial charge in [0.05, 0.1) is 10.8 Å². The van der Waals surface area contributed by atoms with E-state index in [0.717, 1.165) is 0 Å². The van der Waals surface area contributed by atoms with Gasteiger partial charge in [-0.1, -0.05) is 13.0 Å². The van der Waals surface area contributed by atoms with Gasteiger partial charge in [-0.2, -0.15) is 0 Å². The Balaban J connectivity index is 2.13. The van der Waals surface area contributed by atoms with Crippen LogP contribution in [0.25, 0.3) is 0 Å². The molecule has 1 unspecified atom stereocenters. The third-order valence-corrected chi connectivity index (χ3v) is 6.28. The lowest BCUT2D eigenvalue weighted by Crippen LogP contribution is -2.39. The number of sulfonamides is 1. The molecule has 1 aliphatic rings. The molecule has 1 saturated heterocycles. The first-order valence-corrected chi connectivity index (χ1v) is 10.4. The maximum atomic E-state index is 12.6. The Kier molecular flexibility index (Phi) is 7.34. The molecule has 0 aliphatic carbocycles. The predicted molar refractivity (Wildman–Crippen MR) is 99.0 cm³/mol. The van der Waals surface area contributed by atoms with Crippen LogP contribution in [0.1, 0.15) is 35.7 Å². The molecule has 0 aromatic heterocycles. The Labute approximate surface area is 159 Å². The second-order valence-electron chi connectivity index (χ2n) is 6.58. The molecular weight excluding hydrogens is 372 g/mol. The largest absolute Gasteiger partial charge is 0.481 e. The fraction of sp³-hybridized carbons (Fsp3) is 0.556. The van der Waals surface area contributed by atoms with Gasteiger partial charge < -0.3 is 15.2 Å². The average Bonchev–Trinajstić information content (AvgIpc) is 2.62. The molecule has 1 aromatic carbocycles. The number of aryl methyl sites for hydroxylation is 1. The summed E-state index contributed by atoms with van der Waals surface area (Å²) in [6, 6.07) is 4.31. The zero-order valence-corrected chi connectivity index (χ0v) is 16.3. The van der Waals surface area contributed by atoms with Crippen molar-refractivity contribution in [2.45, 2.75) is 31.6 Å². The van der Waals surface area contributed by atoms with Gasteiger partial charge >= 0.3 is 5.97 Å². The summed E-state index contributed by atoms with van der Waals surface area (Å²) >= 11 is 0. The van der Waals surface area contributed by atoms with Gasteiger partial charge in [0.2, 0.25) is 10.0 Å². The average molecular weight is 398 g/mol. The number of carbonyl (C=O) groups is 2. The van der Waals surface area contributed by atoms with Crippen LogP contribution in [0.5, 0.6) is 0 Å². The normalized spacial score (nSPS) is 16.7. The van der Waals surface area contributed by atoms with E-state index < -0.39 is 27.8 Å². The highest BCUT2D eigenvalue weighted by Gasteiger charge is 2.30. The van der Waals surface area contributed by atoms with E-state index in [1.165, 1.54) is 12.1 Å². The predicted octanol–water partition coefficient (Wildman–Crippen LogP) is 1.15. The summed E-state index contributed by atoms with van der Waals surface area (Å²) in [5, 5.41) is 12.1. The van der Waals surface area contributed by atoms with Crippen molar-refractivity contribution < 1.29 is 27.9 Å². The second-order valence-corrected chi connectivity index (χ2v) is 8.35. The maximum Gasteiger partial charge on any atom is 0.308 e. The van der Waals surface area contributed by atoms with Crippen LogP contribution in [0.15, 0.2) is 23.1 Å². The highest BCUT2D eigenvalue weighted by molar-refractivity contribution is 7.89. The van der Waals surface area contributed by atoms with Crippen molar-refractivity contribution in [1.29, 1.82) is 0 Å². The molecule has 27 heavy (non-hydrogen) atoms. The van der Waals surface area contributed by atoms with Crippen molar-refractivity contribution in [3.63, 3.8) is 0 Å². The minimum absolute atomic E-state index is 0.000635. The zero-order chi connectivity index (χ0) is 20.0. The first-order valence-electron chi connectivity index (χ1n) is 8.95. The first-order chi connectivity index (χ1) is 12.8. The topological polar surface area (TPSA) is 122 Å². The molecule has 1 atom stereocenters. The van der Waals surface area contributed by atoms with Gasteiger partial charge in [0, 0.05) is 31.9 Å². The van der Waals surface area contributed by atoms with Crippen molar-refractivity contribution in [3.05, 3.63) is 29.3 Å². The Morgan fingerprint density at radius 2 is 1.96 bits per heavy atom. The molecule has 1 aromatic rings. The Morgan fingerprint density at radius 3 is 2.56 bits per heavy atom. The van der Waals surface area contributed by atoms with Gasteiger partial charge in [0.15, 0.2) is 0 Å². The van der Waals surface area contributed by atoms with Crippen LogP contribution >= 0.6 is 0 Å². The van der Waals surface area contributed by atoms with Crippen LogP contribution in [0.4, 0.5) is 0 Å². The van der Waals surface area contributed by atoms with Crippen molar-refractivity contribution in [3.8, 4) is 0 Å². The quantitative estimate of drug-likeness (QED) is 0.604. The van der Waals surface area contributed by atoms with Crippen molar-refractivity contribution in [2.24, 2.45) is 11.8 Å². The lowest BCUT2D eigenvalue weighted by molar-refractivity contribution is -0.144. The van der Waals surface area contributed by atoms with Gasteiger partial charge in [-0.25, -0.2) is 13.1 Å². The van der Waals surface area contributed by atoms with Crippen LogP contribution in [0.3, 0.4) is 0 Å². The fourth-order valence-electron chi connectivity index (χ4n) is 3.16. The van der Waals surface area contributed by atoms with Crippen LogP contribution < -0.4 is 10.0 Å². The molecule has 0 radical (unpaired) electrons. The minimum Gasteiger partial charge on any atom is -0.481 e. The van der Waals surface area contributed by atoms with Crippen LogP contribution in [0.2, 0.25) is 0 Å². The van der Waals surface area contributed by atoms with E-state index in [-0.39, 0.29) is 29.5 Å². The number of ether oxygens (including phenoxy) is 1. The Hall–Kier alpha value is -1.97. The Morgan fingerprint density at radius 1 is 1.30 bits per heavy atom. The van der Waals surface area contributed by atoms with E-state index in [9.17, 15) is 23.1 Å². The van der Waals surface area contributed by atoms with Gasteiger partial charge in [-0.3, -0.25) is 9.59 Å². The summed E-state index contributed by atoms with van der Waals surface area (Å²) in [7, 11) is -3.68. The third-order valence-electron chi connectivity index (χ3n) is 4.73. The molecular formula is C18H26N2O6S. The minimum atomic E-state index is -3.68. The number of carboxylic acids is 1. The van der Waals surface area contributed by atoms with E-state index >= 15 is 0 Å². The van der Waals surface area contributed by atoms with Crippen LogP contribution in [0, 0.1) is 18.8 Å². The number of rotatable bonds is 8. The van der Waals surface area contributed by atoms with Gasteiger partial charge in [-0.15, -0.1) is 0 Å². The molecule has 9 heteroatoms. The van der Waals surface area contributed by atoms with Crippen molar-refractivity contribution in [1.82, 2.24) is 10.0 Å². The smallest absolute Gasteiger partial charge is 0.308 e. The van der Waals surface area contributed by atoms with Crippen molar-refractivity contribution >= 4 is 21.9 Å². The molecule has 1 amide bonds. The number of hydrogen-bond acceptors (Lipinski definition) is 5. The lowest BCUT2D eigenvalue weighted by atomic mass is 9.86. The van der Waals surface area contributed by atoms with E-state index in [4.69, 9.17) is 4.74 Å². The van der Waals surface area contributed by atoms with E-state index in [1.807, 2.05) is 0 Å². The summed E-state index contributed by atoms with van der Waals surface area (Å²) < 4.78 is 31.9. The number of aliphatic carboxylic acids is 1. The number of carboxylic acid groups (broad SMARTS) is 1. The molecule has 150 valence electrons. The van der Waals surface area contributed by atoms with Gasteiger partial charge in [-0.05, 0) is 43.4 Å². The molecule has 1 heterocycles. The molecule has 0 spiro atoms. The standard InChI is InChI=1S/C18H26N2O6S/c1-3-20-27(24,25)14-5-4-12(2)15(10-14)17(21)19-11-16(18(22)23)13-6-8-26-9-7-13/h4-5,10,13,16,20H,3,6-9,11H2,1-2H3,(H,19,21)(H,22,23). The summed E-state index contributed by atoms with van der Waals surface area (Å²) in [6.07, 6.45) is 1.28. The van der Waals surface area contributed by atoms with Gasteiger partial charge in [0.25, 0.3) is 5.91 Å². The maximum absolute atomic E-state index is 12.6. The third kappa shape index (κ3) is 5.50. The van der Waals surface area contributed by atoms with Gasteiger partial charge in [0.1, 0.15) is 0 Å². The SMILES string of the molecule is CCNS(=O)(=O)c1ccc(C)c(C(=O)NCC(C(=O)O)C2CCOCC2)c1. The molecule has 1 aliphatic heterocycles. The van der Waals surface area contributed by atoms with Crippen LogP contribution in [-0.4, -0.2) is 51.7 Å². The van der Waals surface area contributed by atoms with Crippen molar-refractivity contribution in [2.75, 3.05) is 26.3 Å². The molecule has 1 fully saturated rings. The van der Waals surface area contributed by atoms with E-state index in [2.05, 4.69) is 10.0 Å². The monoisotopic (exact) mass is 398 g/mol. The highest BCUT2D eigenvalue weighted by atomic mass is 32.2. The summed E-state index contributed by atoms with van der Waals surface area (Å²) in [6.45, 7) is 4.64. The van der Waals surface area contributed by atoms with E-state index in [1.54, 1.807) is 19.9 Å². The zero-order valence-electron chi connectivity index (χ0n) is 15.5. The van der Waals surface area contributed by atoms with Crippen LogP contribution in [-0.2, 0) is 19.6 Å². The fourth-order valence-corrected chi connectivity index (χ4v) is 4.22. The molecule has 8 nitrogen and oxygen atoms in total. The highest BCUT2D eigenvalue weighted by Crippen LogP contribution is 2.24. The number of carbonyl (C=O) groups excluding carboxylic acids is 1. The summed E-state index contributed by atoms with van der Waals surface area (Å²) in [4.78, 5) is 24.2. The number of hydrogen-bond donors (Lipinski definition) is 3. The summed E-state index contributed by atoms with van der Waals surface area (Å²) in [5.41, 5.74) is 0.825. The summed E-state index contributed by atoms with van der Waals surface area (Å²) in [5.74, 6) is -2.20. The lowest BCUT2D eigenvalue weighted by Gasteiger charge is -2.27. The molecule has 3 N–H and O–H groups in total. The molecule has 0 saturated carbocycles. The number of amides is 1. The number of nitrogens with one attached hydrogen (secondary N) is 2.